The Labute approximate surface area is 180 Å². The van der Waals surface area contributed by atoms with Crippen molar-refractivity contribution in [2.45, 2.75) is 13.5 Å². The number of amides is 1. The molecule has 0 spiro atoms. The Morgan fingerprint density at radius 1 is 1.07 bits per heavy atom. The first-order chi connectivity index (χ1) is 14.5. The predicted molar refractivity (Wildman–Crippen MR) is 119 cm³/mol. The van der Waals surface area contributed by atoms with E-state index in [-0.39, 0.29) is 12.5 Å². The van der Waals surface area contributed by atoms with Crippen LogP contribution in [0.3, 0.4) is 0 Å². The van der Waals surface area contributed by atoms with E-state index >= 15 is 0 Å². The van der Waals surface area contributed by atoms with Crippen LogP contribution < -0.4 is 10.1 Å². The van der Waals surface area contributed by atoms with Gasteiger partial charge in [0.1, 0.15) is 5.75 Å². The fourth-order valence-electron chi connectivity index (χ4n) is 2.83. The van der Waals surface area contributed by atoms with Crippen LogP contribution in [-0.4, -0.2) is 25.6 Å². The molecular weight excluding hydrogens is 398 g/mol. The molecule has 0 bridgehead atoms. The highest BCUT2D eigenvalue weighted by Crippen LogP contribution is 2.24. The molecule has 3 rings (SSSR count). The van der Waals surface area contributed by atoms with Gasteiger partial charge in [-0.2, -0.15) is 0 Å². The number of nitrogens with one attached hydrogen (secondary N) is 1. The van der Waals surface area contributed by atoms with E-state index in [9.17, 15) is 9.59 Å². The summed E-state index contributed by atoms with van der Waals surface area (Å²) in [6.07, 6.45) is 1.79. The van der Waals surface area contributed by atoms with Crippen LogP contribution in [0.1, 0.15) is 21.6 Å². The van der Waals surface area contributed by atoms with Gasteiger partial charge < -0.3 is 14.8 Å². The normalized spacial score (nSPS) is 11.1. The highest BCUT2D eigenvalue weighted by molar-refractivity contribution is 7.11. The molecule has 0 atom stereocenters. The van der Waals surface area contributed by atoms with Crippen LogP contribution >= 0.6 is 11.3 Å². The first-order valence-corrected chi connectivity index (χ1v) is 10.3. The summed E-state index contributed by atoms with van der Waals surface area (Å²) in [5.41, 5.74) is 3.32. The topological polar surface area (TPSA) is 64.6 Å². The molecule has 0 radical (unpaired) electrons. The van der Waals surface area contributed by atoms with E-state index in [4.69, 9.17) is 9.47 Å². The molecule has 0 saturated heterocycles. The zero-order valence-corrected chi connectivity index (χ0v) is 17.7. The summed E-state index contributed by atoms with van der Waals surface area (Å²) >= 11 is 1.45. The van der Waals surface area contributed by atoms with Crippen LogP contribution in [0.4, 0.5) is 0 Å². The minimum Gasteiger partial charge on any atom is -0.497 e. The smallest absolute Gasteiger partial charge is 0.340 e. The summed E-state index contributed by atoms with van der Waals surface area (Å²) in [4.78, 5) is 25.7. The maximum absolute atomic E-state index is 12.7. The molecule has 5 nitrogen and oxygen atoms in total. The number of rotatable bonds is 8. The number of hydrogen-bond acceptors (Lipinski definition) is 5. The van der Waals surface area contributed by atoms with Crippen molar-refractivity contribution >= 4 is 34.9 Å². The van der Waals surface area contributed by atoms with Crippen molar-refractivity contribution in [2.24, 2.45) is 0 Å². The van der Waals surface area contributed by atoms with Crippen LogP contribution in [-0.2, 0) is 20.9 Å². The minimum atomic E-state index is -0.532. The highest BCUT2D eigenvalue weighted by atomic mass is 32.1. The number of carbonyl (C=O) groups excluding carboxylic acids is 2. The van der Waals surface area contributed by atoms with E-state index in [1.54, 1.807) is 13.2 Å². The lowest BCUT2D eigenvalue weighted by atomic mass is 10.1. The Morgan fingerprint density at radius 3 is 2.63 bits per heavy atom. The van der Waals surface area contributed by atoms with E-state index in [0.29, 0.717) is 12.1 Å². The summed E-state index contributed by atoms with van der Waals surface area (Å²) in [6, 6.07) is 19.0. The summed E-state index contributed by atoms with van der Waals surface area (Å²) in [7, 11) is 1.59. The SMILES string of the molecule is COc1cccc(CNC(=O)COC(=O)/C(=C/c2cccc(C)c2)c2cccs2)c1. The second-order valence-electron chi connectivity index (χ2n) is 6.65. The third-order valence-corrected chi connectivity index (χ3v) is 5.22. The predicted octanol–water partition coefficient (Wildman–Crippen LogP) is 4.47. The molecule has 30 heavy (non-hydrogen) atoms. The highest BCUT2D eigenvalue weighted by Gasteiger charge is 2.16. The molecule has 3 aromatic rings. The summed E-state index contributed by atoms with van der Waals surface area (Å²) < 4.78 is 10.5. The van der Waals surface area contributed by atoms with Crippen molar-refractivity contribution in [1.29, 1.82) is 0 Å². The van der Waals surface area contributed by atoms with Gasteiger partial charge >= 0.3 is 5.97 Å². The van der Waals surface area contributed by atoms with Crippen molar-refractivity contribution in [3.05, 3.63) is 87.6 Å². The van der Waals surface area contributed by atoms with Gasteiger partial charge in [0.25, 0.3) is 5.91 Å². The largest absolute Gasteiger partial charge is 0.497 e. The molecule has 6 heteroatoms. The summed E-state index contributed by atoms with van der Waals surface area (Å²) in [5, 5.41) is 4.64. The number of thiophene rings is 1. The van der Waals surface area contributed by atoms with E-state index in [2.05, 4.69) is 5.32 Å². The Hall–Kier alpha value is -3.38. The van der Waals surface area contributed by atoms with Gasteiger partial charge in [0.15, 0.2) is 6.61 Å². The van der Waals surface area contributed by atoms with Crippen molar-refractivity contribution in [3.8, 4) is 5.75 Å². The molecule has 1 N–H and O–H groups in total. The van der Waals surface area contributed by atoms with Crippen LogP contribution in [0.2, 0.25) is 0 Å². The molecule has 2 aromatic carbocycles. The first-order valence-electron chi connectivity index (χ1n) is 9.44. The molecule has 0 aliphatic heterocycles. The summed E-state index contributed by atoms with van der Waals surface area (Å²) in [5.74, 6) is -0.183. The van der Waals surface area contributed by atoms with Gasteiger partial charge in [0.2, 0.25) is 0 Å². The maximum Gasteiger partial charge on any atom is 0.340 e. The first kappa shape index (κ1) is 21.3. The van der Waals surface area contributed by atoms with Gasteiger partial charge in [-0.05, 0) is 47.7 Å². The number of aryl methyl sites for hydroxylation is 1. The van der Waals surface area contributed by atoms with Gasteiger partial charge in [-0.3, -0.25) is 4.79 Å². The molecule has 0 unspecified atom stereocenters. The van der Waals surface area contributed by atoms with Crippen molar-refractivity contribution in [3.63, 3.8) is 0 Å². The van der Waals surface area contributed by atoms with Crippen molar-refractivity contribution in [2.75, 3.05) is 13.7 Å². The molecule has 154 valence electrons. The van der Waals surface area contributed by atoms with Crippen molar-refractivity contribution < 1.29 is 19.1 Å². The van der Waals surface area contributed by atoms with Gasteiger partial charge in [-0.15, -0.1) is 11.3 Å². The number of ether oxygens (including phenoxy) is 2. The average molecular weight is 422 g/mol. The second kappa shape index (κ2) is 10.4. The van der Waals surface area contributed by atoms with E-state index in [1.165, 1.54) is 11.3 Å². The Morgan fingerprint density at radius 2 is 1.90 bits per heavy atom. The van der Waals surface area contributed by atoms with Crippen LogP contribution in [0, 0.1) is 6.92 Å². The lowest BCUT2D eigenvalue weighted by Crippen LogP contribution is -2.28. The third-order valence-electron chi connectivity index (χ3n) is 4.32. The molecular formula is C24H23NO4S. The molecule has 0 aliphatic carbocycles. The number of benzene rings is 2. The fourth-order valence-corrected chi connectivity index (χ4v) is 3.56. The maximum atomic E-state index is 12.7. The molecule has 1 amide bonds. The van der Waals surface area contributed by atoms with Gasteiger partial charge in [-0.1, -0.05) is 48.0 Å². The molecule has 1 aromatic heterocycles. The van der Waals surface area contributed by atoms with Crippen LogP contribution in [0.15, 0.2) is 66.0 Å². The van der Waals surface area contributed by atoms with E-state index in [0.717, 1.165) is 27.3 Å². The third kappa shape index (κ3) is 6.06. The van der Waals surface area contributed by atoms with Crippen LogP contribution in [0.5, 0.6) is 5.75 Å². The number of methoxy groups -OCH3 is 1. The van der Waals surface area contributed by atoms with Gasteiger partial charge in [0, 0.05) is 11.4 Å². The molecule has 0 aliphatic rings. The van der Waals surface area contributed by atoms with E-state index in [1.807, 2.05) is 73.0 Å². The molecule has 0 saturated carbocycles. The Bertz CT molecular complexity index is 1040. The quantitative estimate of drug-likeness (QED) is 0.431. The lowest BCUT2D eigenvalue weighted by Gasteiger charge is -2.09. The number of hydrogen-bond donors (Lipinski definition) is 1. The van der Waals surface area contributed by atoms with Gasteiger partial charge in [0.05, 0.1) is 12.7 Å². The van der Waals surface area contributed by atoms with Crippen molar-refractivity contribution in [1.82, 2.24) is 5.32 Å². The lowest BCUT2D eigenvalue weighted by molar-refractivity contribution is -0.142. The fraction of sp³-hybridized carbons (Fsp3) is 0.167. The molecule has 1 heterocycles. The zero-order valence-electron chi connectivity index (χ0n) is 16.9. The van der Waals surface area contributed by atoms with Gasteiger partial charge in [-0.25, -0.2) is 4.79 Å². The monoisotopic (exact) mass is 421 g/mol. The second-order valence-corrected chi connectivity index (χ2v) is 7.60. The standard InChI is InChI=1S/C24H23NO4S/c1-17-6-3-7-18(12-17)14-21(22-10-5-11-30-22)24(27)29-16-23(26)25-15-19-8-4-9-20(13-19)28-2/h3-14H,15-16H2,1-2H3,(H,25,26)/b21-14+. The average Bonchev–Trinajstić information content (AvgIpc) is 3.29. The Kier molecular flexibility index (Phi) is 7.40. The Balaban J connectivity index is 1.62. The molecule has 0 fully saturated rings. The number of esters is 1. The minimum absolute atomic E-state index is 0.324. The van der Waals surface area contributed by atoms with E-state index < -0.39 is 5.97 Å². The number of carbonyl (C=O) groups is 2. The summed E-state index contributed by atoms with van der Waals surface area (Å²) in [6.45, 7) is 1.97. The zero-order chi connectivity index (χ0) is 21.3. The van der Waals surface area contributed by atoms with Crippen LogP contribution in [0.25, 0.3) is 11.6 Å².